The summed E-state index contributed by atoms with van der Waals surface area (Å²) in [6, 6.07) is 7.79. The summed E-state index contributed by atoms with van der Waals surface area (Å²) in [6.07, 6.45) is 1.58. The fraction of sp³-hybridized carbons (Fsp3) is 0.312. The van der Waals surface area contributed by atoms with Crippen molar-refractivity contribution in [2.75, 3.05) is 24.3 Å². The molecule has 6 nitrogen and oxygen atoms in total. The normalized spacial score (nSPS) is 10.4. The lowest BCUT2D eigenvalue weighted by molar-refractivity contribution is -0.384. The average Bonchev–Trinajstić information content (AvgIpc) is 2.45. The largest absolute Gasteiger partial charge is 0.378 e. The molecule has 1 heterocycles. The number of hydrogen-bond acceptors (Lipinski definition) is 5. The molecule has 0 radical (unpaired) electrons. The third-order valence-electron chi connectivity index (χ3n) is 3.60. The van der Waals surface area contributed by atoms with E-state index in [1.807, 2.05) is 38.1 Å². The number of benzene rings is 1. The van der Waals surface area contributed by atoms with Crippen LogP contribution in [0.15, 0.2) is 30.5 Å². The molecule has 0 spiro atoms. The Hall–Kier alpha value is -2.63. The van der Waals surface area contributed by atoms with E-state index in [-0.39, 0.29) is 5.69 Å². The second-order valence-electron chi connectivity index (χ2n) is 5.44. The first-order chi connectivity index (χ1) is 10.4. The molecule has 1 aromatic carbocycles. The molecule has 22 heavy (non-hydrogen) atoms. The van der Waals surface area contributed by atoms with Crippen LogP contribution in [0.4, 0.5) is 17.2 Å². The van der Waals surface area contributed by atoms with Crippen LogP contribution in [0, 0.1) is 24.0 Å². The van der Waals surface area contributed by atoms with Crippen molar-refractivity contribution in [3.05, 3.63) is 57.3 Å². The maximum atomic E-state index is 11.2. The molecule has 1 N–H and O–H groups in total. The van der Waals surface area contributed by atoms with E-state index < -0.39 is 4.92 Å². The van der Waals surface area contributed by atoms with Crippen LogP contribution < -0.4 is 10.2 Å². The zero-order valence-corrected chi connectivity index (χ0v) is 13.3. The van der Waals surface area contributed by atoms with Crippen molar-refractivity contribution in [1.29, 1.82) is 0 Å². The summed E-state index contributed by atoms with van der Waals surface area (Å²) in [5.41, 5.74) is 3.98. The first kappa shape index (κ1) is 15.8. The van der Waals surface area contributed by atoms with E-state index in [4.69, 9.17) is 0 Å². The molecule has 0 amide bonds. The van der Waals surface area contributed by atoms with E-state index >= 15 is 0 Å². The fourth-order valence-electron chi connectivity index (χ4n) is 2.25. The Labute approximate surface area is 129 Å². The summed E-state index contributed by atoms with van der Waals surface area (Å²) in [7, 11) is 3.99. The maximum absolute atomic E-state index is 11.2. The molecule has 116 valence electrons. The summed E-state index contributed by atoms with van der Waals surface area (Å²) in [5.74, 6) is 0.307. The lowest BCUT2D eigenvalue weighted by atomic mass is 10.1. The summed E-state index contributed by atoms with van der Waals surface area (Å²) in [6.45, 7) is 4.24. The molecule has 0 saturated carbocycles. The second-order valence-corrected chi connectivity index (χ2v) is 5.44. The van der Waals surface area contributed by atoms with Gasteiger partial charge >= 0.3 is 5.69 Å². The number of rotatable bonds is 5. The number of aromatic nitrogens is 1. The third-order valence-corrected chi connectivity index (χ3v) is 3.60. The Kier molecular flexibility index (Phi) is 4.60. The van der Waals surface area contributed by atoms with Gasteiger partial charge < -0.3 is 10.2 Å². The second kappa shape index (κ2) is 6.43. The molecule has 0 aliphatic heterocycles. The topological polar surface area (TPSA) is 71.3 Å². The van der Waals surface area contributed by atoms with E-state index in [1.165, 1.54) is 0 Å². The van der Waals surface area contributed by atoms with E-state index in [2.05, 4.69) is 16.4 Å². The Bertz CT molecular complexity index is 699. The summed E-state index contributed by atoms with van der Waals surface area (Å²) < 4.78 is 0. The molecule has 0 saturated heterocycles. The Morgan fingerprint density at radius 3 is 2.55 bits per heavy atom. The van der Waals surface area contributed by atoms with E-state index in [1.54, 1.807) is 19.2 Å². The predicted molar refractivity (Wildman–Crippen MR) is 88.5 cm³/mol. The van der Waals surface area contributed by atoms with Crippen LogP contribution in [0.3, 0.4) is 0 Å². The number of pyridine rings is 1. The average molecular weight is 300 g/mol. The SMILES string of the molecule is Cc1cc(N(C)C)ccc1CNc1nccc(C)c1[N+](=O)[O-]. The third kappa shape index (κ3) is 3.33. The van der Waals surface area contributed by atoms with Gasteiger partial charge in [-0.05, 0) is 43.2 Å². The van der Waals surface area contributed by atoms with Crippen molar-refractivity contribution in [3.8, 4) is 0 Å². The molecule has 0 fully saturated rings. The highest BCUT2D eigenvalue weighted by Gasteiger charge is 2.18. The first-order valence-electron chi connectivity index (χ1n) is 7.01. The van der Waals surface area contributed by atoms with Crippen LogP contribution >= 0.6 is 0 Å². The molecule has 0 bridgehead atoms. The Balaban J connectivity index is 2.21. The molecule has 2 aromatic rings. The van der Waals surface area contributed by atoms with Gasteiger partial charge in [-0.1, -0.05) is 6.07 Å². The molecule has 1 aromatic heterocycles. The fourth-order valence-corrected chi connectivity index (χ4v) is 2.25. The standard InChI is InChI=1S/C16H20N4O2/c1-11-7-8-17-16(15(11)20(21)22)18-10-13-5-6-14(19(3)4)9-12(13)2/h5-9H,10H2,1-4H3,(H,17,18). The highest BCUT2D eigenvalue weighted by molar-refractivity contribution is 5.60. The molecular weight excluding hydrogens is 280 g/mol. The van der Waals surface area contributed by atoms with Crippen LogP contribution in [0.2, 0.25) is 0 Å². The summed E-state index contributed by atoms with van der Waals surface area (Å²) in [4.78, 5) is 16.9. The quantitative estimate of drug-likeness (QED) is 0.677. The minimum atomic E-state index is -0.396. The van der Waals surface area contributed by atoms with E-state index in [0.29, 0.717) is 17.9 Å². The smallest absolute Gasteiger partial charge is 0.314 e. The van der Waals surface area contributed by atoms with Gasteiger partial charge in [0.25, 0.3) is 0 Å². The molecule has 2 rings (SSSR count). The van der Waals surface area contributed by atoms with Crippen LogP contribution in [0.1, 0.15) is 16.7 Å². The summed E-state index contributed by atoms with van der Waals surface area (Å²) >= 11 is 0. The van der Waals surface area contributed by atoms with Gasteiger partial charge in [-0.15, -0.1) is 0 Å². The molecule has 0 aliphatic rings. The minimum Gasteiger partial charge on any atom is -0.378 e. The van der Waals surface area contributed by atoms with Gasteiger partial charge in [0.1, 0.15) is 0 Å². The zero-order chi connectivity index (χ0) is 16.3. The number of nitro groups is 1. The van der Waals surface area contributed by atoms with Crippen molar-refractivity contribution < 1.29 is 4.92 Å². The lowest BCUT2D eigenvalue weighted by Gasteiger charge is -2.15. The Morgan fingerprint density at radius 2 is 1.95 bits per heavy atom. The highest BCUT2D eigenvalue weighted by Crippen LogP contribution is 2.26. The van der Waals surface area contributed by atoms with Gasteiger partial charge in [0.2, 0.25) is 5.82 Å². The van der Waals surface area contributed by atoms with Crippen molar-refractivity contribution in [1.82, 2.24) is 4.98 Å². The van der Waals surface area contributed by atoms with Gasteiger partial charge in [-0.3, -0.25) is 10.1 Å². The van der Waals surface area contributed by atoms with E-state index in [9.17, 15) is 10.1 Å². The maximum Gasteiger partial charge on any atom is 0.314 e. The number of hydrogen-bond donors (Lipinski definition) is 1. The first-order valence-corrected chi connectivity index (χ1v) is 7.01. The van der Waals surface area contributed by atoms with Crippen LogP contribution in [0.25, 0.3) is 0 Å². The van der Waals surface area contributed by atoms with Gasteiger partial charge in [0.05, 0.1) is 4.92 Å². The van der Waals surface area contributed by atoms with Gasteiger partial charge in [0, 0.05) is 38.1 Å². The summed E-state index contributed by atoms with van der Waals surface area (Å²) in [5, 5.41) is 14.2. The minimum absolute atomic E-state index is 0.0325. The predicted octanol–water partition coefficient (Wildman–Crippen LogP) is 3.28. The van der Waals surface area contributed by atoms with Crippen molar-refractivity contribution in [2.45, 2.75) is 20.4 Å². The number of anilines is 2. The number of nitrogens with zero attached hydrogens (tertiary/aromatic N) is 3. The monoisotopic (exact) mass is 300 g/mol. The number of aryl methyl sites for hydroxylation is 2. The Morgan fingerprint density at radius 1 is 1.23 bits per heavy atom. The highest BCUT2D eigenvalue weighted by atomic mass is 16.6. The van der Waals surface area contributed by atoms with Crippen molar-refractivity contribution >= 4 is 17.2 Å². The lowest BCUT2D eigenvalue weighted by Crippen LogP contribution is -2.10. The number of nitrogens with one attached hydrogen (secondary N) is 1. The van der Waals surface area contributed by atoms with Crippen molar-refractivity contribution in [3.63, 3.8) is 0 Å². The van der Waals surface area contributed by atoms with Gasteiger partial charge in [0.15, 0.2) is 0 Å². The van der Waals surface area contributed by atoms with Crippen LogP contribution in [0.5, 0.6) is 0 Å². The van der Waals surface area contributed by atoms with Crippen molar-refractivity contribution in [2.24, 2.45) is 0 Å². The molecule has 0 aliphatic carbocycles. The van der Waals surface area contributed by atoms with E-state index in [0.717, 1.165) is 16.8 Å². The van der Waals surface area contributed by atoms with Gasteiger partial charge in [-0.2, -0.15) is 0 Å². The van der Waals surface area contributed by atoms with Crippen LogP contribution in [-0.2, 0) is 6.54 Å². The molecule has 6 heteroatoms. The zero-order valence-electron chi connectivity index (χ0n) is 13.3. The molecule has 0 atom stereocenters. The van der Waals surface area contributed by atoms with Gasteiger partial charge in [-0.25, -0.2) is 4.98 Å². The van der Waals surface area contributed by atoms with Crippen LogP contribution in [-0.4, -0.2) is 24.0 Å². The molecule has 0 unspecified atom stereocenters. The molecular formula is C16H20N4O2.